The van der Waals surface area contributed by atoms with Crippen molar-refractivity contribution in [1.82, 2.24) is 10.3 Å². The van der Waals surface area contributed by atoms with Crippen molar-refractivity contribution in [2.75, 3.05) is 6.61 Å². The maximum Gasteiger partial charge on any atom is 0.351 e. The number of nitrogens with one attached hydrogen (secondary N) is 1. The molecule has 1 N–H and O–H groups in total. The molecular formula is C19H18ClN3O2S. The number of thioether (sulfide) groups is 1. The molecule has 26 heavy (non-hydrogen) atoms. The topological polar surface area (TPSA) is 75.0 Å². The van der Waals surface area contributed by atoms with Gasteiger partial charge in [0.2, 0.25) is 0 Å². The SMILES string of the molecule is CCOC(=O)C(C#N)=C(NCc1ccc(Cl)nc1)SCc1ccccc1. The van der Waals surface area contributed by atoms with E-state index >= 15 is 0 Å². The van der Waals surface area contributed by atoms with Crippen LogP contribution in [0.1, 0.15) is 18.1 Å². The van der Waals surface area contributed by atoms with Gasteiger partial charge in [0.15, 0.2) is 5.57 Å². The lowest BCUT2D eigenvalue weighted by molar-refractivity contribution is -0.138. The van der Waals surface area contributed by atoms with Crippen LogP contribution in [0.15, 0.2) is 59.3 Å². The summed E-state index contributed by atoms with van der Waals surface area (Å²) in [5, 5.41) is 13.5. The normalized spacial score (nSPS) is 11.3. The minimum Gasteiger partial charge on any atom is -0.462 e. The van der Waals surface area contributed by atoms with Crippen LogP contribution in [-0.4, -0.2) is 17.6 Å². The Morgan fingerprint density at radius 1 is 1.27 bits per heavy atom. The second kappa shape index (κ2) is 10.5. The first-order valence-electron chi connectivity index (χ1n) is 7.96. The largest absolute Gasteiger partial charge is 0.462 e. The van der Waals surface area contributed by atoms with Gasteiger partial charge in [0, 0.05) is 18.5 Å². The Kier molecular flexibility index (Phi) is 8.00. The molecule has 0 aliphatic heterocycles. The fraction of sp³-hybridized carbons (Fsp3) is 0.211. The molecule has 0 spiro atoms. The average molecular weight is 388 g/mol. The van der Waals surface area contributed by atoms with Crippen LogP contribution in [0.2, 0.25) is 5.15 Å². The number of pyridine rings is 1. The molecule has 0 radical (unpaired) electrons. The maximum absolute atomic E-state index is 12.1. The Hall–Kier alpha value is -2.49. The van der Waals surface area contributed by atoms with Crippen molar-refractivity contribution in [2.24, 2.45) is 0 Å². The second-order valence-corrected chi connectivity index (χ2v) is 6.53. The molecule has 134 valence electrons. The van der Waals surface area contributed by atoms with Crippen LogP contribution in [0.25, 0.3) is 0 Å². The maximum atomic E-state index is 12.1. The third kappa shape index (κ3) is 6.10. The van der Waals surface area contributed by atoms with Crippen molar-refractivity contribution in [1.29, 1.82) is 5.26 Å². The molecule has 0 saturated carbocycles. The van der Waals surface area contributed by atoms with Crippen LogP contribution in [0.4, 0.5) is 0 Å². The van der Waals surface area contributed by atoms with Crippen LogP contribution < -0.4 is 5.32 Å². The van der Waals surface area contributed by atoms with Gasteiger partial charge < -0.3 is 10.1 Å². The van der Waals surface area contributed by atoms with E-state index in [2.05, 4.69) is 10.3 Å². The fourth-order valence-corrected chi connectivity index (χ4v) is 3.09. The third-order valence-corrected chi connectivity index (χ3v) is 4.62. The molecule has 2 aromatic rings. The zero-order valence-electron chi connectivity index (χ0n) is 14.2. The summed E-state index contributed by atoms with van der Waals surface area (Å²) in [4.78, 5) is 16.1. The molecular weight excluding hydrogens is 370 g/mol. The predicted octanol–water partition coefficient (Wildman–Crippen LogP) is 4.06. The molecule has 0 aliphatic rings. The second-order valence-electron chi connectivity index (χ2n) is 5.15. The smallest absolute Gasteiger partial charge is 0.351 e. The van der Waals surface area contributed by atoms with E-state index in [4.69, 9.17) is 16.3 Å². The van der Waals surface area contributed by atoms with E-state index in [0.29, 0.717) is 22.5 Å². The minimum atomic E-state index is -0.632. The highest BCUT2D eigenvalue weighted by Gasteiger charge is 2.17. The van der Waals surface area contributed by atoms with Crippen LogP contribution in [0, 0.1) is 11.3 Å². The Balaban J connectivity index is 2.17. The highest BCUT2D eigenvalue weighted by Crippen LogP contribution is 2.23. The van der Waals surface area contributed by atoms with Crippen molar-refractivity contribution in [3.8, 4) is 6.07 Å². The molecule has 1 aromatic carbocycles. The number of halogens is 1. The Labute approximate surface area is 162 Å². The Bertz CT molecular complexity index is 802. The number of ether oxygens (including phenoxy) is 1. The van der Waals surface area contributed by atoms with Crippen LogP contribution in [0.3, 0.4) is 0 Å². The third-order valence-electron chi connectivity index (χ3n) is 3.29. The first-order valence-corrected chi connectivity index (χ1v) is 9.33. The van der Waals surface area contributed by atoms with Gasteiger partial charge in [-0.15, -0.1) is 11.8 Å². The summed E-state index contributed by atoms with van der Waals surface area (Å²) in [6, 6.07) is 15.3. The van der Waals surface area contributed by atoms with Crippen LogP contribution in [-0.2, 0) is 21.8 Å². The van der Waals surface area contributed by atoms with Gasteiger partial charge in [-0.05, 0) is 24.1 Å². The van der Waals surface area contributed by atoms with Crippen LogP contribution >= 0.6 is 23.4 Å². The van der Waals surface area contributed by atoms with Crippen molar-refractivity contribution in [3.05, 3.63) is 75.5 Å². The summed E-state index contributed by atoms with van der Waals surface area (Å²) in [5.41, 5.74) is 1.94. The monoisotopic (exact) mass is 387 g/mol. The Morgan fingerprint density at radius 2 is 2.04 bits per heavy atom. The summed E-state index contributed by atoms with van der Waals surface area (Å²) in [6.45, 7) is 2.32. The van der Waals surface area contributed by atoms with Gasteiger partial charge in [-0.2, -0.15) is 5.26 Å². The molecule has 1 aromatic heterocycles. The van der Waals surface area contributed by atoms with Crippen molar-refractivity contribution in [2.45, 2.75) is 19.2 Å². The van der Waals surface area contributed by atoms with Gasteiger partial charge in [0.1, 0.15) is 11.2 Å². The molecule has 0 aliphatic carbocycles. The fourth-order valence-electron chi connectivity index (χ4n) is 2.03. The minimum absolute atomic E-state index is 0.0327. The number of carbonyl (C=O) groups excluding carboxylic acids is 1. The predicted molar refractivity (Wildman–Crippen MR) is 103 cm³/mol. The van der Waals surface area contributed by atoms with Gasteiger partial charge in [-0.25, -0.2) is 9.78 Å². The lowest BCUT2D eigenvalue weighted by atomic mass is 10.2. The molecule has 2 rings (SSSR count). The lowest BCUT2D eigenvalue weighted by Crippen LogP contribution is -2.18. The summed E-state index contributed by atoms with van der Waals surface area (Å²) >= 11 is 7.17. The highest BCUT2D eigenvalue weighted by atomic mass is 35.5. The van der Waals surface area contributed by atoms with Gasteiger partial charge >= 0.3 is 5.97 Å². The van der Waals surface area contributed by atoms with Gasteiger partial charge in [-0.1, -0.05) is 48.0 Å². The molecule has 7 heteroatoms. The molecule has 0 amide bonds. The summed E-state index contributed by atoms with van der Waals surface area (Å²) in [6.07, 6.45) is 1.64. The molecule has 0 unspecified atom stereocenters. The van der Waals surface area contributed by atoms with E-state index in [-0.39, 0.29) is 12.2 Å². The lowest BCUT2D eigenvalue weighted by Gasteiger charge is -2.13. The van der Waals surface area contributed by atoms with Crippen LogP contribution in [0.5, 0.6) is 0 Å². The molecule has 5 nitrogen and oxygen atoms in total. The number of hydrogen-bond donors (Lipinski definition) is 1. The number of nitrogens with zero attached hydrogens (tertiary/aromatic N) is 2. The zero-order chi connectivity index (χ0) is 18.8. The number of benzene rings is 1. The first kappa shape index (κ1) is 19.8. The highest BCUT2D eigenvalue weighted by molar-refractivity contribution is 8.02. The van der Waals surface area contributed by atoms with E-state index in [1.54, 1.807) is 19.2 Å². The summed E-state index contributed by atoms with van der Waals surface area (Å²) in [5.74, 6) is -0.0145. The first-order chi connectivity index (χ1) is 12.6. The molecule has 0 bridgehead atoms. The van der Waals surface area contributed by atoms with E-state index < -0.39 is 5.97 Å². The summed E-state index contributed by atoms with van der Waals surface area (Å²) in [7, 11) is 0. The molecule has 0 atom stereocenters. The van der Waals surface area contributed by atoms with Crippen molar-refractivity contribution in [3.63, 3.8) is 0 Å². The van der Waals surface area contributed by atoms with E-state index in [1.165, 1.54) is 11.8 Å². The average Bonchev–Trinajstić information content (AvgIpc) is 2.66. The number of aromatic nitrogens is 1. The zero-order valence-corrected chi connectivity index (χ0v) is 15.8. The van der Waals surface area contributed by atoms with Crippen molar-refractivity contribution >= 4 is 29.3 Å². The quantitative estimate of drug-likeness (QED) is 0.318. The van der Waals surface area contributed by atoms with E-state index in [0.717, 1.165) is 11.1 Å². The Morgan fingerprint density at radius 3 is 2.65 bits per heavy atom. The van der Waals surface area contributed by atoms with Gasteiger partial charge in [-0.3, -0.25) is 0 Å². The van der Waals surface area contributed by atoms with E-state index in [1.807, 2.05) is 42.5 Å². The van der Waals surface area contributed by atoms with Gasteiger partial charge in [0.25, 0.3) is 0 Å². The molecule has 0 saturated heterocycles. The number of rotatable bonds is 8. The van der Waals surface area contributed by atoms with Crippen molar-refractivity contribution < 1.29 is 9.53 Å². The molecule has 1 heterocycles. The number of esters is 1. The standard InChI is InChI=1S/C19H18ClN3O2S/c1-2-25-19(24)16(10-21)18(26-13-14-6-4-3-5-7-14)23-12-15-8-9-17(20)22-11-15/h3-9,11,23H,2,12-13H2,1H3. The number of nitriles is 1. The molecule has 0 fully saturated rings. The summed E-state index contributed by atoms with van der Waals surface area (Å²) < 4.78 is 4.99. The number of hydrogen-bond acceptors (Lipinski definition) is 6. The number of carbonyl (C=O) groups is 1. The van der Waals surface area contributed by atoms with Gasteiger partial charge in [0.05, 0.1) is 11.6 Å². The van der Waals surface area contributed by atoms with E-state index in [9.17, 15) is 10.1 Å².